The highest BCUT2D eigenvalue weighted by Gasteiger charge is 2.18. The van der Waals surface area contributed by atoms with Crippen molar-refractivity contribution >= 4 is 17.5 Å². The third-order valence-electron chi connectivity index (χ3n) is 2.76. The van der Waals surface area contributed by atoms with Crippen LogP contribution in [-0.2, 0) is 16.1 Å². The molecule has 1 saturated heterocycles. The maximum atomic E-state index is 11.6. The van der Waals surface area contributed by atoms with Crippen LogP contribution in [0.5, 0.6) is 0 Å². The lowest BCUT2D eigenvalue weighted by Gasteiger charge is -2.08. The van der Waals surface area contributed by atoms with Gasteiger partial charge in [-0.3, -0.25) is 9.48 Å². The Morgan fingerprint density at radius 1 is 1.71 bits per heavy atom. The lowest BCUT2D eigenvalue weighted by atomic mass is 10.1. The summed E-state index contributed by atoms with van der Waals surface area (Å²) >= 11 is 5.73. The number of hydrogen-bond acceptors (Lipinski definition) is 3. The fourth-order valence-electron chi connectivity index (χ4n) is 1.85. The quantitative estimate of drug-likeness (QED) is 0.859. The molecule has 0 spiro atoms. The lowest BCUT2D eigenvalue weighted by molar-refractivity contribution is -0.122. The van der Waals surface area contributed by atoms with Crippen molar-refractivity contribution in [1.82, 2.24) is 15.1 Å². The fraction of sp³-hybridized carbons (Fsp3) is 0.636. The summed E-state index contributed by atoms with van der Waals surface area (Å²) in [5, 5.41) is 7.51. The van der Waals surface area contributed by atoms with Crippen LogP contribution in [-0.4, -0.2) is 35.4 Å². The Kier molecular flexibility index (Phi) is 4.39. The monoisotopic (exact) mass is 257 g/mol. The van der Waals surface area contributed by atoms with E-state index in [1.54, 1.807) is 17.1 Å². The Hall–Kier alpha value is -1.07. The molecule has 1 atom stereocenters. The Balaban J connectivity index is 1.62. The molecule has 0 radical (unpaired) electrons. The topological polar surface area (TPSA) is 56.1 Å². The number of halogens is 1. The van der Waals surface area contributed by atoms with Crippen LogP contribution in [0, 0.1) is 5.92 Å². The normalized spacial score (nSPS) is 19.5. The standard InChI is InChI=1S/C11H16ClN3O2/c12-10-6-14-15(7-10)3-2-13-11(16)5-9-1-4-17-8-9/h6-7,9H,1-5,8H2,(H,13,16). The maximum Gasteiger partial charge on any atom is 0.220 e. The molecule has 1 aromatic heterocycles. The van der Waals surface area contributed by atoms with E-state index in [4.69, 9.17) is 16.3 Å². The van der Waals surface area contributed by atoms with E-state index < -0.39 is 0 Å². The van der Waals surface area contributed by atoms with Crippen LogP contribution in [0.3, 0.4) is 0 Å². The number of amides is 1. The van der Waals surface area contributed by atoms with Gasteiger partial charge in [0, 0.05) is 32.4 Å². The zero-order chi connectivity index (χ0) is 12.1. The van der Waals surface area contributed by atoms with Crippen LogP contribution in [0.25, 0.3) is 0 Å². The zero-order valence-corrected chi connectivity index (χ0v) is 10.3. The van der Waals surface area contributed by atoms with Gasteiger partial charge in [0.15, 0.2) is 0 Å². The number of carbonyl (C=O) groups excluding carboxylic acids is 1. The van der Waals surface area contributed by atoms with E-state index in [1.807, 2.05) is 0 Å². The number of carbonyl (C=O) groups is 1. The third-order valence-corrected chi connectivity index (χ3v) is 2.96. The predicted octanol–water partition coefficient (Wildman–Crippen LogP) is 1.08. The van der Waals surface area contributed by atoms with Crippen LogP contribution in [0.2, 0.25) is 5.02 Å². The predicted molar refractivity (Wildman–Crippen MR) is 63.8 cm³/mol. The summed E-state index contributed by atoms with van der Waals surface area (Å²) < 4.78 is 6.94. The number of nitrogens with zero attached hydrogens (tertiary/aromatic N) is 2. The first kappa shape index (κ1) is 12.4. The minimum absolute atomic E-state index is 0.0822. The number of aromatic nitrogens is 2. The first-order chi connectivity index (χ1) is 8.24. The number of rotatable bonds is 5. The van der Waals surface area contributed by atoms with E-state index in [2.05, 4.69) is 10.4 Å². The first-order valence-electron chi connectivity index (χ1n) is 5.76. The maximum absolute atomic E-state index is 11.6. The zero-order valence-electron chi connectivity index (χ0n) is 9.56. The van der Waals surface area contributed by atoms with E-state index in [9.17, 15) is 4.79 Å². The van der Waals surface area contributed by atoms with E-state index in [0.717, 1.165) is 13.0 Å². The Morgan fingerprint density at radius 2 is 2.59 bits per heavy atom. The Morgan fingerprint density at radius 3 is 3.24 bits per heavy atom. The van der Waals surface area contributed by atoms with Crippen molar-refractivity contribution in [2.45, 2.75) is 19.4 Å². The van der Waals surface area contributed by atoms with Crippen molar-refractivity contribution in [3.63, 3.8) is 0 Å². The second-order valence-electron chi connectivity index (χ2n) is 4.21. The number of hydrogen-bond donors (Lipinski definition) is 1. The van der Waals surface area contributed by atoms with Gasteiger partial charge in [-0.15, -0.1) is 0 Å². The molecule has 1 unspecified atom stereocenters. The van der Waals surface area contributed by atoms with Crippen molar-refractivity contribution in [3.05, 3.63) is 17.4 Å². The van der Waals surface area contributed by atoms with Crippen LogP contribution < -0.4 is 5.32 Å². The largest absolute Gasteiger partial charge is 0.381 e. The van der Waals surface area contributed by atoms with Crippen molar-refractivity contribution in [2.24, 2.45) is 5.92 Å². The van der Waals surface area contributed by atoms with Gasteiger partial charge >= 0.3 is 0 Å². The molecule has 1 aliphatic rings. The summed E-state index contributed by atoms with van der Waals surface area (Å²) in [6.07, 6.45) is 4.86. The number of ether oxygens (including phenoxy) is 1. The molecular weight excluding hydrogens is 242 g/mol. The molecule has 1 aromatic rings. The molecule has 0 bridgehead atoms. The summed E-state index contributed by atoms with van der Waals surface area (Å²) in [6.45, 7) is 2.70. The summed E-state index contributed by atoms with van der Waals surface area (Å²) in [5.74, 6) is 0.466. The molecule has 5 nitrogen and oxygen atoms in total. The summed E-state index contributed by atoms with van der Waals surface area (Å²) in [6, 6.07) is 0. The van der Waals surface area contributed by atoms with Gasteiger partial charge in [0.1, 0.15) is 0 Å². The molecule has 6 heteroatoms. The third kappa shape index (κ3) is 4.02. The van der Waals surface area contributed by atoms with Crippen LogP contribution in [0.4, 0.5) is 0 Å². The lowest BCUT2D eigenvalue weighted by Crippen LogP contribution is -2.29. The molecular formula is C11H16ClN3O2. The molecule has 17 heavy (non-hydrogen) atoms. The second kappa shape index (κ2) is 6.02. The van der Waals surface area contributed by atoms with Gasteiger partial charge < -0.3 is 10.1 Å². The first-order valence-corrected chi connectivity index (χ1v) is 6.14. The summed E-state index contributed by atoms with van der Waals surface area (Å²) in [7, 11) is 0. The fourth-order valence-corrected chi connectivity index (χ4v) is 2.01. The summed E-state index contributed by atoms with van der Waals surface area (Å²) in [4.78, 5) is 11.6. The molecule has 0 aliphatic carbocycles. The molecule has 1 amide bonds. The molecule has 2 heterocycles. The molecule has 94 valence electrons. The molecule has 0 saturated carbocycles. The minimum Gasteiger partial charge on any atom is -0.381 e. The smallest absolute Gasteiger partial charge is 0.220 e. The van der Waals surface area contributed by atoms with Crippen molar-refractivity contribution < 1.29 is 9.53 Å². The van der Waals surface area contributed by atoms with E-state index in [0.29, 0.717) is 37.1 Å². The SMILES string of the molecule is O=C(CC1CCOC1)NCCn1cc(Cl)cn1. The molecule has 1 fully saturated rings. The van der Waals surface area contributed by atoms with Gasteiger partial charge in [-0.2, -0.15) is 5.10 Å². The molecule has 1 aliphatic heterocycles. The molecule has 2 rings (SSSR count). The molecule has 1 N–H and O–H groups in total. The highest BCUT2D eigenvalue weighted by molar-refractivity contribution is 6.30. The average molecular weight is 258 g/mol. The van der Waals surface area contributed by atoms with Gasteiger partial charge in [-0.05, 0) is 12.3 Å². The van der Waals surface area contributed by atoms with Crippen LogP contribution >= 0.6 is 11.6 Å². The average Bonchev–Trinajstić information content (AvgIpc) is 2.90. The van der Waals surface area contributed by atoms with E-state index >= 15 is 0 Å². The highest BCUT2D eigenvalue weighted by atomic mass is 35.5. The van der Waals surface area contributed by atoms with Crippen molar-refractivity contribution in [3.8, 4) is 0 Å². The Labute approximate surface area is 105 Å². The minimum atomic E-state index is 0.0822. The van der Waals surface area contributed by atoms with Crippen LogP contribution in [0.15, 0.2) is 12.4 Å². The van der Waals surface area contributed by atoms with E-state index in [1.165, 1.54) is 0 Å². The van der Waals surface area contributed by atoms with Gasteiger partial charge in [0.2, 0.25) is 5.91 Å². The highest BCUT2D eigenvalue weighted by Crippen LogP contribution is 2.15. The number of nitrogens with one attached hydrogen (secondary N) is 1. The van der Waals surface area contributed by atoms with Gasteiger partial charge in [0.05, 0.1) is 17.8 Å². The second-order valence-corrected chi connectivity index (χ2v) is 4.64. The molecule has 0 aromatic carbocycles. The van der Waals surface area contributed by atoms with Crippen molar-refractivity contribution in [2.75, 3.05) is 19.8 Å². The van der Waals surface area contributed by atoms with E-state index in [-0.39, 0.29) is 5.91 Å². The Bertz CT molecular complexity index is 375. The van der Waals surface area contributed by atoms with Crippen molar-refractivity contribution in [1.29, 1.82) is 0 Å². The van der Waals surface area contributed by atoms with Gasteiger partial charge in [0.25, 0.3) is 0 Å². The van der Waals surface area contributed by atoms with Crippen LogP contribution in [0.1, 0.15) is 12.8 Å². The van der Waals surface area contributed by atoms with Gasteiger partial charge in [-0.1, -0.05) is 11.6 Å². The summed E-state index contributed by atoms with van der Waals surface area (Å²) in [5.41, 5.74) is 0. The van der Waals surface area contributed by atoms with Gasteiger partial charge in [-0.25, -0.2) is 0 Å².